The molecule has 2 saturated heterocycles. The lowest BCUT2D eigenvalue weighted by Crippen LogP contribution is -2.47. The molecule has 1 aromatic heterocycles. The molecule has 0 saturated carbocycles. The lowest BCUT2D eigenvalue weighted by atomic mass is 10.1. The summed E-state index contributed by atoms with van der Waals surface area (Å²) < 4.78 is 5.75. The number of morpholine rings is 1. The lowest BCUT2D eigenvalue weighted by molar-refractivity contribution is 0.0183. The number of ether oxygens (including phenoxy) is 1. The summed E-state index contributed by atoms with van der Waals surface area (Å²) in [4.78, 5) is 8.81. The van der Waals surface area contributed by atoms with E-state index in [9.17, 15) is 0 Å². The highest BCUT2D eigenvalue weighted by molar-refractivity contribution is 5.25. The van der Waals surface area contributed by atoms with E-state index in [0.29, 0.717) is 17.9 Å². The van der Waals surface area contributed by atoms with Crippen molar-refractivity contribution in [1.82, 2.24) is 20.3 Å². The predicted molar refractivity (Wildman–Crippen MR) is 72.8 cm³/mol. The van der Waals surface area contributed by atoms with Crippen molar-refractivity contribution in [1.29, 1.82) is 0 Å². The number of hydrogen-bond acceptors (Lipinski definition) is 6. The Labute approximate surface area is 113 Å². The first-order valence-corrected chi connectivity index (χ1v) is 6.92. The van der Waals surface area contributed by atoms with Crippen LogP contribution >= 0.6 is 0 Å². The first-order chi connectivity index (χ1) is 9.22. The van der Waals surface area contributed by atoms with Crippen molar-refractivity contribution in [2.75, 3.05) is 31.7 Å². The Morgan fingerprint density at radius 3 is 3.16 bits per heavy atom. The minimum Gasteiger partial charge on any atom is -0.374 e. The third-order valence-electron chi connectivity index (χ3n) is 3.63. The molecular weight excluding hydrogens is 242 g/mol. The molecule has 1 aromatic rings. The highest BCUT2D eigenvalue weighted by Gasteiger charge is 2.35. The maximum atomic E-state index is 5.75. The summed E-state index contributed by atoms with van der Waals surface area (Å²) in [6.45, 7) is 7.79. The van der Waals surface area contributed by atoms with E-state index in [1.165, 1.54) is 0 Å². The number of aromatic nitrogens is 2. The van der Waals surface area contributed by atoms with Gasteiger partial charge in [-0.15, -0.1) is 0 Å². The van der Waals surface area contributed by atoms with Gasteiger partial charge in [0, 0.05) is 37.6 Å². The number of nitrogens with one attached hydrogen (secondary N) is 2. The average Bonchev–Trinajstić information content (AvgIpc) is 2.81. The summed E-state index contributed by atoms with van der Waals surface area (Å²) in [5.41, 5.74) is 4.34. The summed E-state index contributed by atoms with van der Waals surface area (Å²) in [6.07, 6.45) is 2.08. The van der Waals surface area contributed by atoms with Crippen LogP contribution in [0, 0.1) is 0 Å². The molecule has 2 aliphatic rings. The Bertz CT molecular complexity index is 425. The molecule has 3 rings (SSSR count). The molecule has 6 heteroatoms. The van der Waals surface area contributed by atoms with Crippen LogP contribution in [0.1, 0.15) is 25.5 Å². The summed E-state index contributed by atoms with van der Waals surface area (Å²) in [5, 5.41) is 5.61. The van der Waals surface area contributed by atoms with E-state index >= 15 is 0 Å². The molecule has 104 valence electrons. The maximum Gasteiger partial charge on any atom is 0.237 e. The minimum atomic E-state index is 0.273. The highest BCUT2D eigenvalue weighted by atomic mass is 16.5. The molecule has 0 amide bonds. The van der Waals surface area contributed by atoms with Crippen molar-refractivity contribution in [3.05, 3.63) is 18.0 Å². The van der Waals surface area contributed by atoms with Gasteiger partial charge >= 0.3 is 0 Å². The molecule has 2 atom stereocenters. The van der Waals surface area contributed by atoms with E-state index in [2.05, 4.69) is 39.6 Å². The van der Waals surface area contributed by atoms with Crippen molar-refractivity contribution < 1.29 is 4.74 Å². The fraction of sp³-hybridized carbons (Fsp3) is 0.692. The summed E-state index contributed by atoms with van der Waals surface area (Å²) in [6, 6.07) is 2.37. The van der Waals surface area contributed by atoms with Gasteiger partial charge in [0.15, 0.2) is 0 Å². The Morgan fingerprint density at radius 2 is 2.37 bits per heavy atom. The average molecular weight is 263 g/mol. The van der Waals surface area contributed by atoms with E-state index in [0.717, 1.165) is 31.9 Å². The second-order valence-corrected chi connectivity index (χ2v) is 5.45. The standard InChI is InChI=1S/C13H21N5O/c1-9(2)10-3-4-15-13(16-10)17-18-7-11-12(8-18)19-6-5-14-11/h3-4,9,11-12,14H,5-8H2,1-2H3,(H,15,16,17)/t11-,12-/m1/s1. The zero-order valence-electron chi connectivity index (χ0n) is 11.5. The Kier molecular flexibility index (Phi) is 3.63. The summed E-state index contributed by atoms with van der Waals surface area (Å²) in [7, 11) is 0. The zero-order chi connectivity index (χ0) is 13.2. The molecule has 19 heavy (non-hydrogen) atoms. The van der Waals surface area contributed by atoms with Crippen molar-refractivity contribution in [2.45, 2.75) is 31.9 Å². The number of fused-ring (bicyclic) bond motifs is 1. The van der Waals surface area contributed by atoms with Crippen LogP contribution in [0.4, 0.5) is 5.95 Å². The molecular formula is C13H21N5O. The van der Waals surface area contributed by atoms with E-state index in [1.807, 2.05) is 12.3 Å². The molecule has 0 radical (unpaired) electrons. The summed E-state index contributed by atoms with van der Waals surface area (Å²) in [5.74, 6) is 1.08. The number of rotatable bonds is 3. The van der Waals surface area contributed by atoms with Crippen molar-refractivity contribution >= 4 is 5.95 Å². The van der Waals surface area contributed by atoms with Crippen LogP contribution in [0.3, 0.4) is 0 Å². The summed E-state index contributed by atoms with van der Waals surface area (Å²) >= 11 is 0. The third-order valence-corrected chi connectivity index (χ3v) is 3.63. The van der Waals surface area contributed by atoms with Gasteiger partial charge in [0.2, 0.25) is 5.95 Å². The normalized spacial score (nSPS) is 27.5. The zero-order valence-corrected chi connectivity index (χ0v) is 11.5. The van der Waals surface area contributed by atoms with Gasteiger partial charge in [0.1, 0.15) is 0 Å². The topological polar surface area (TPSA) is 62.3 Å². The van der Waals surface area contributed by atoms with Crippen LogP contribution < -0.4 is 10.7 Å². The van der Waals surface area contributed by atoms with Gasteiger partial charge < -0.3 is 10.1 Å². The van der Waals surface area contributed by atoms with Gasteiger partial charge in [0.05, 0.1) is 12.7 Å². The molecule has 0 aliphatic carbocycles. The van der Waals surface area contributed by atoms with Gasteiger partial charge in [0.25, 0.3) is 0 Å². The van der Waals surface area contributed by atoms with Crippen LogP contribution in [-0.2, 0) is 4.74 Å². The number of hydrogen-bond donors (Lipinski definition) is 2. The largest absolute Gasteiger partial charge is 0.374 e. The number of hydrazine groups is 1. The first kappa shape index (κ1) is 12.8. The van der Waals surface area contributed by atoms with E-state index in [1.54, 1.807) is 0 Å². The number of nitrogens with zero attached hydrogens (tertiary/aromatic N) is 3. The fourth-order valence-corrected chi connectivity index (χ4v) is 2.57. The van der Waals surface area contributed by atoms with Gasteiger partial charge in [-0.3, -0.25) is 5.43 Å². The second kappa shape index (κ2) is 5.40. The Hall–Kier alpha value is -1.24. The van der Waals surface area contributed by atoms with Gasteiger partial charge in [-0.1, -0.05) is 13.8 Å². The van der Waals surface area contributed by atoms with E-state index in [-0.39, 0.29) is 6.10 Å². The molecule has 0 unspecified atom stereocenters. The first-order valence-electron chi connectivity index (χ1n) is 6.92. The molecule has 2 fully saturated rings. The number of anilines is 1. The molecule has 0 aromatic carbocycles. The molecule has 2 N–H and O–H groups in total. The van der Waals surface area contributed by atoms with Crippen LogP contribution in [0.2, 0.25) is 0 Å². The SMILES string of the molecule is CC(C)c1ccnc(NN2C[C@H]3NCCO[C@@H]3C2)n1. The maximum absolute atomic E-state index is 5.75. The van der Waals surface area contributed by atoms with Crippen LogP contribution in [0.5, 0.6) is 0 Å². The second-order valence-electron chi connectivity index (χ2n) is 5.45. The molecule has 6 nitrogen and oxygen atoms in total. The molecule has 0 bridgehead atoms. The Balaban J connectivity index is 1.64. The third kappa shape index (κ3) is 2.86. The van der Waals surface area contributed by atoms with Crippen LogP contribution in [0.15, 0.2) is 12.3 Å². The highest BCUT2D eigenvalue weighted by Crippen LogP contribution is 2.17. The molecule has 0 spiro atoms. The minimum absolute atomic E-state index is 0.273. The lowest BCUT2D eigenvalue weighted by Gasteiger charge is -2.25. The van der Waals surface area contributed by atoms with E-state index < -0.39 is 0 Å². The van der Waals surface area contributed by atoms with E-state index in [4.69, 9.17) is 4.74 Å². The van der Waals surface area contributed by atoms with Crippen LogP contribution in [0.25, 0.3) is 0 Å². The van der Waals surface area contributed by atoms with Gasteiger partial charge in [-0.05, 0) is 12.0 Å². The van der Waals surface area contributed by atoms with Crippen molar-refractivity contribution in [3.63, 3.8) is 0 Å². The van der Waals surface area contributed by atoms with Gasteiger partial charge in [-0.2, -0.15) is 0 Å². The smallest absolute Gasteiger partial charge is 0.237 e. The Morgan fingerprint density at radius 1 is 1.47 bits per heavy atom. The monoisotopic (exact) mass is 263 g/mol. The van der Waals surface area contributed by atoms with Crippen molar-refractivity contribution in [3.8, 4) is 0 Å². The van der Waals surface area contributed by atoms with Crippen LogP contribution in [-0.4, -0.2) is 53.4 Å². The fourth-order valence-electron chi connectivity index (χ4n) is 2.57. The quantitative estimate of drug-likeness (QED) is 0.832. The van der Waals surface area contributed by atoms with Gasteiger partial charge in [-0.25, -0.2) is 15.0 Å². The molecule has 2 aliphatic heterocycles. The van der Waals surface area contributed by atoms with Crippen molar-refractivity contribution in [2.24, 2.45) is 0 Å². The predicted octanol–water partition coefficient (Wildman–Crippen LogP) is 0.599. The molecule has 3 heterocycles.